The monoisotopic (exact) mass is 553 g/mol. The van der Waals surface area contributed by atoms with Crippen LogP contribution in [0, 0.1) is 11.8 Å². The molecule has 0 bridgehead atoms. The first-order valence-corrected chi connectivity index (χ1v) is 14.9. The van der Waals surface area contributed by atoms with E-state index in [1.165, 1.54) is 23.3 Å². The van der Waals surface area contributed by atoms with Crippen LogP contribution in [0.5, 0.6) is 0 Å². The van der Waals surface area contributed by atoms with Gasteiger partial charge in [-0.15, -0.1) is 0 Å². The standard InChI is InChI=1S/C34H42F3NO2/c1-24(2)33(31(39)12-11-25(3)21-26-7-6-9-28(22-26)34(35,36)37)16-14-29(23-40-33)38-19-17-32(18-20-38)15-13-27-8-4-5-10-30(27)32/h4-10,13,15,22,24-25,29H,11-12,14,16-21,23H2,1-3H3. The Morgan fingerprint density at radius 2 is 1.80 bits per heavy atom. The fourth-order valence-corrected chi connectivity index (χ4v) is 7.19. The number of Topliss-reactive ketones (excluding diaryl/α,β-unsaturated/α-hetero) is 1. The Labute approximate surface area is 236 Å². The van der Waals surface area contributed by atoms with Gasteiger partial charge in [-0.1, -0.05) is 75.4 Å². The van der Waals surface area contributed by atoms with E-state index < -0.39 is 17.3 Å². The van der Waals surface area contributed by atoms with Crippen molar-refractivity contribution in [3.63, 3.8) is 0 Å². The molecule has 1 aliphatic carbocycles. The number of benzene rings is 2. The smallest absolute Gasteiger partial charge is 0.365 e. The number of halogens is 3. The quantitative estimate of drug-likeness (QED) is 0.333. The van der Waals surface area contributed by atoms with Gasteiger partial charge in [-0.3, -0.25) is 9.69 Å². The van der Waals surface area contributed by atoms with E-state index >= 15 is 0 Å². The molecule has 0 aromatic heterocycles. The van der Waals surface area contributed by atoms with Crippen molar-refractivity contribution in [3.8, 4) is 0 Å². The molecular formula is C34H42F3NO2. The van der Waals surface area contributed by atoms with Crippen LogP contribution >= 0.6 is 0 Å². The molecule has 2 fully saturated rings. The molecule has 6 heteroatoms. The summed E-state index contributed by atoms with van der Waals surface area (Å²) in [5.74, 6) is 0.315. The van der Waals surface area contributed by atoms with Crippen molar-refractivity contribution >= 4 is 11.9 Å². The van der Waals surface area contributed by atoms with Gasteiger partial charge in [-0.25, -0.2) is 0 Å². The van der Waals surface area contributed by atoms with Crippen LogP contribution in [-0.4, -0.2) is 42.0 Å². The number of nitrogens with zero attached hydrogens (tertiary/aromatic N) is 1. The molecule has 0 saturated carbocycles. The predicted molar refractivity (Wildman–Crippen MR) is 153 cm³/mol. The largest absolute Gasteiger partial charge is 0.416 e. The van der Waals surface area contributed by atoms with Crippen molar-refractivity contribution < 1.29 is 22.7 Å². The molecule has 2 aromatic rings. The summed E-state index contributed by atoms with van der Waals surface area (Å²) in [4.78, 5) is 16.1. The third-order valence-corrected chi connectivity index (χ3v) is 9.78. The van der Waals surface area contributed by atoms with E-state index in [1.807, 2.05) is 6.92 Å². The van der Waals surface area contributed by atoms with Crippen molar-refractivity contribution in [2.45, 2.75) is 89.0 Å². The Kier molecular flexibility index (Phi) is 8.32. The summed E-state index contributed by atoms with van der Waals surface area (Å²) in [5.41, 5.74) is 2.24. The normalized spacial score (nSPS) is 25.3. The summed E-state index contributed by atoms with van der Waals surface area (Å²) in [6.45, 7) is 8.78. The number of piperidine rings is 1. The molecule has 3 aliphatic rings. The van der Waals surface area contributed by atoms with Gasteiger partial charge in [0.1, 0.15) is 5.60 Å². The van der Waals surface area contributed by atoms with E-state index in [0.717, 1.165) is 44.8 Å². The fraction of sp³-hybridized carbons (Fsp3) is 0.559. The number of alkyl halides is 3. The number of hydrogen-bond donors (Lipinski definition) is 0. The third-order valence-electron chi connectivity index (χ3n) is 9.78. The summed E-state index contributed by atoms with van der Waals surface area (Å²) in [5, 5.41) is 0. The maximum Gasteiger partial charge on any atom is 0.416 e. The molecule has 3 nitrogen and oxygen atoms in total. The zero-order chi connectivity index (χ0) is 28.5. The molecule has 40 heavy (non-hydrogen) atoms. The number of carbonyl (C=O) groups excluding carboxylic acids is 1. The Hall–Kier alpha value is -2.44. The highest BCUT2D eigenvalue weighted by Crippen LogP contribution is 2.45. The summed E-state index contributed by atoms with van der Waals surface area (Å²) in [7, 11) is 0. The molecule has 0 radical (unpaired) electrons. The van der Waals surface area contributed by atoms with Gasteiger partial charge in [-0.2, -0.15) is 13.2 Å². The Balaban J connectivity index is 1.13. The number of hydrogen-bond acceptors (Lipinski definition) is 3. The molecule has 2 aromatic carbocycles. The maximum atomic E-state index is 13.6. The van der Waals surface area contributed by atoms with Gasteiger partial charge in [-0.05, 0) is 86.2 Å². The third kappa shape index (κ3) is 5.80. The van der Waals surface area contributed by atoms with E-state index in [9.17, 15) is 18.0 Å². The number of fused-ring (bicyclic) bond motifs is 2. The summed E-state index contributed by atoms with van der Waals surface area (Å²) in [6, 6.07) is 14.6. The summed E-state index contributed by atoms with van der Waals surface area (Å²) < 4.78 is 45.8. The van der Waals surface area contributed by atoms with Gasteiger partial charge in [0.05, 0.1) is 12.2 Å². The zero-order valence-corrected chi connectivity index (χ0v) is 24.0. The van der Waals surface area contributed by atoms with Crippen molar-refractivity contribution in [2.75, 3.05) is 19.7 Å². The Bertz CT molecular complexity index is 1220. The highest BCUT2D eigenvalue weighted by atomic mass is 19.4. The van der Waals surface area contributed by atoms with Crippen LogP contribution in [0.1, 0.15) is 81.5 Å². The number of ketones is 1. The Morgan fingerprint density at radius 1 is 1.05 bits per heavy atom. The SMILES string of the molecule is CC(CCC(=O)C1(C(C)C)CCC(N2CCC3(C=Cc4ccccc43)CC2)CO1)Cc1cccc(C(F)(F)F)c1. The van der Waals surface area contributed by atoms with Gasteiger partial charge in [0, 0.05) is 17.9 Å². The fourth-order valence-electron chi connectivity index (χ4n) is 7.19. The van der Waals surface area contributed by atoms with Crippen LogP contribution in [0.15, 0.2) is 54.6 Å². The van der Waals surface area contributed by atoms with Gasteiger partial charge >= 0.3 is 6.18 Å². The van der Waals surface area contributed by atoms with Gasteiger partial charge in [0.15, 0.2) is 5.78 Å². The topological polar surface area (TPSA) is 29.5 Å². The van der Waals surface area contributed by atoms with Crippen LogP contribution in [0.4, 0.5) is 13.2 Å². The van der Waals surface area contributed by atoms with E-state index in [2.05, 4.69) is 55.2 Å². The molecule has 2 aliphatic heterocycles. The molecule has 2 heterocycles. The highest BCUT2D eigenvalue weighted by Gasteiger charge is 2.47. The lowest BCUT2D eigenvalue weighted by Gasteiger charge is -2.48. The van der Waals surface area contributed by atoms with E-state index in [0.29, 0.717) is 37.5 Å². The molecule has 0 amide bonds. The van der Waals surface area contributed by atoms with Gasteiger partial charge in [0.25, 0.3) is 0 Å². The number of allylic oxidation sites excluding steroid dienone is 1. The highest BCUT2D eigenvalue weighted by molar-refractivity contribution is 5.87. The minimum Gasteiger partial charge on any atom is -0.365 e. The second-order valence-electron chi connectivity index (χ2n) is 12.6. The predicted octanol–water partition coefficient (Wildman–Crippen LogP) is 7.87. The van der Waals surface area contributed by atoms with Gasteiger partial charge in [0.2, 0.25) is 0 Å². The molecule has 5 rings (SSSR count). The maximum absolute atomic E-state index is 13.6. The summed E-state index contributed by atoms with van der Waals surface area (Å²) in [6.07, 6.45) is 5.77. The number of carbonyl (C=O) groups is 1. The zero-order valence-electron chi connectivity index (χ0n) is 24.0. The minimum atomic E-state index is -4.34. The van der Waals surface area contributed by atoms with Crippen LogP contribution in [0.3, 0.4) is 0 Å². The number of likely N-dealkylation sites (tertiary alicyclic amines) is 1. The molecular weight excluding hydrogens is 511 g/mol. The van der Waals surface area contributed by atoms with Crippen LogP contribution in [0.25, 0.3) is 6.08 Å². The minimum absolute atomic E-state index is 0.0736. The van der Waals surface area contributed by atoms with Crippen LogP contribution < -0.4 is 0 Å². The lowest BCUT2D eigenvalue weighted by atomic mass is 9.73. The molecule has 216 valence electrons. The number of ether oxygens (including phenoxy) is 1. The lowest BCUT2D eigenvalue weighted by molar-refractivity contribution is -0.168. The lowest BCUT2D eigenvalue weighted by Crippen LogP contribution is -2.56. The van der Waals surface area contributed by atoms with Crippen molar-refractivity contribution in [1.82, 2.24) is 4.90 Å². The summed E-state index contributed by atoms with van der Waals surface area (Å²) >= 11 is 0. The van der Waals surface area contributed by atoms with Crippen LogP contribution in [-0.2, 0) is 27.5 Å². The molecule has 0 N–H and O–H groups in total. The number of rotatable bonds is 8. The first-order chi connectivity index (χ1) is 19.0. The first kappa shape index (κ1) is 29.1. The van der Waals surface area contributed by atoms with E-state index in [4.69, 9.17) is 4.74 Å². The van der Waals surface area contributed by atoms with E-state index in [-0.39, 0.29) is 23.0 Å². The average molecular weight is 554 g/mol. The molecule has 3 unspecified atom stereocenters. The average Bonchev–Trinajstić information content (AvgIpc) is 3.29. The second kappa shape index (κ2) is 11.4. The first-order valence-electron chi connectivity index (χ1n) is 14.9. The molecule has 1 spiro atoms. The van der Waals surface area contributed by atoms with Crippen molar-refractivity contribution in [1.29, 1.82) is 0 Å². The van der Waals surface area contributed by atoms with Crippen LogP contribution in [0.2, 0.25) is 0 Å². The second-order valence-corrected chi connectivity index (χ2v) is 12.6. The van der Waals surface area contributed by atoms with E-state index in [1.54, 1.807) is 6.07 Å². The van der Waals surface area contributed by atoms with Crippen molar-refractivity contribution in [2.24, 2.45) is 11.8 Å². The molecule has 2 saturated heterocycles. The molecule has 3 atom stereocenters. The Morgan fingerprint density at radius 3 is 2.48 bits per heavy atom. The van der Waals surface area contributed by atoms with Crippen molar-refractivity contribution in [3.05, 3.63) is 76.9 Å². The van der Waals surface area contributed by atoms with Gasteiger partial charge < -0.3 is 4.74 Å².